The summed E-state index contributed by atoms with van der Waals surface area (Å²) in [5.74, 6) is 0.0404. The summed E-state index contributed by atoms with van der Waals surface area (Å²) in [6.45, 7) is 3.96. The van der Waals surface area contributed by atoms with Crippen molar-refractivity contribution in [1.29, 1.82) is 0 Å². The number of likely N-dealkylation sites (N-methyl/N-ethyl adjacent to an activating group) is 1. The summed E-state index contributed by atoms with van der Waals surface area (Å²) >= 11 is 12.0. The van der Waals surface area contributed by atoms with E-state index in [4.69, 9.17) is 28.2 Å². The van der Waals surface area contributed by atoms with E-state index in [1.807, 2.05) is 55.1 Å². The molecule has 4 rings (SSSR count). The number of rotatable bonds is 6. The number of carbonyl (C=O) groups is 2. The Labute approximate surface area is 220 Å². The molecule has 2 amide bonds. The first-order valence-corrected chi connectivity index (χ1v) is 12.7. The third kappa shape index (κ3) is 5.88. The number of aromatic nitrogens is 3. The average molecular weight is 529 g/mol. The Kier molecular flexibility index (Phi) is 8.28. The molecule has 3 heterocycles. The summed E-state index contributed by atoms with van der Waals surface area (Å²) in [5.41, 5.74) is 3.06. The van der Waals surface area contributed by atoms with Gasteiger partial charge < -0.3 is 14.4 Å². The van der Waals surface area contributed by atoms with E-state index in [2.05, 4.69) is 14.9 Å². The number of likely N-dealkylation sites (tertiary alicyclic amines) is 1. The number of carbonyl (C=O) groups excluding carboxylic acids is 2. The molecule has 0 spiro atoms. The van der Waals surface area contributed by atoms with Gasteiger partial charge in [-0.2, -0.15) is 0 Å². The van der Waals surface area contributed by atoms with Crippen molar-refractivity contribution in [1.82, 2.24) is 24.3 Å². The number of halogens is 2. The lowest BCUT2D eigenvalue weighted by Gasteiger charge is -2.26. The highest BCUT2D eigenvalue weighted by molar-refractivity contribution is 6.41. The maximum Gasteiger partial charge on any atom is 0.259 e. The lowest BCUT2D eigenvalue weighted by molar-refractivity contribution is -0.126. The molecule has 1 aromatic carbocycles. The summed E-state index contributed by atoms with van der Waals surface area (Å²) in [4.78, 5) is 38.7. The summed E-state index contributed by atoms with van der Waals surface area (Å²) < 4.78 is 2.07. The van der Waals surface area contributed by atoms with Gasteiger partial charge in [-0.05, 0) is 58.0 Å². The van der Waals surface area contributed by atoms with Gasteiger partial charge in [0.25, 0.3) is 5.91 Å². The van der Waals surface area contributed by atoms with Crippen molar-refractivity contribution < 1.29 is 9.59 Å². The highest BCUT2D eigenvalue weighted by Gasteiger charge is 2.27. The van der Waals surface area contributed by atoms with E-state index in [1.165, 1.54) is 12.3 Å². The van der Waals surface area contributed by atoms with Gasteiger partial charge >= 0.3 is 0 Å². The number of pyridine rings is 1. The van der Waals surface area contributed by atoms with E-state index in [0.717, 1.165) is 35.9 Å². The minimum absolute atomic E-state index is 0.00245. The Morgan fingerprint density at radius 1 is 1.25 bits per heavy atom. The number of para-hydroxylation sites is 1. The molecule has 1 aliphatic heterocycles. The molecule has 10 heteroatoms. The van der Waals surface area contributed by atoms with Crippen LogP contribution >= 0.6 is 23.2 Å². The van der Waals surface area contributed by atoms with Crippen LogP contribution in [0.4, 0.5) is 5.95 Å². The second kappa shape index (κ2) is 11.4. The second-order valence-corrected chi connectivity index (χ2v) is 10.1. The first-order valence-electron chi connectivity index (χ1n) is 11.9. The van der Waals surface area contributed by atoms with Gasteiger partial charge in [-0.15, -0.1) is 0 Å². The molecule has 1 atom stereocenters. The minimum atomic E-state index is -0.386. The van der Waals surface area contributed by atoms with Crippen molar-refractivity contribution in [2.24, 2.45) is 0 Å². The summed E-state index contributed by atoms with van der Waals surface area (Å²) in [6, 6.07) is 7.34. The molecule has 3 aromatic rings. The van der Waals surface area contributed by atoms with Crippen LogP contribution in [0.5, 0.6) is 0 Å². The van der Waals surface area contributed by atoms with Crippen LogP contribution < -0.4 is 5.32 Å². The van der Waals surface area contributed by atoms with Crippen LogP contribution in [0.3, 0.4) is 0 Å². The average Bonchev–Trinajstić information content (AvgIpc) is 3.02. The number of anilines is 1. The summed E-state index contributed by atoms with van der Waals surface area (Å²) in [5, 5.41) is 3.29. The normalized spacial score (nSPS) is 16.6. The maximum atomic E-state index is 13.1. The van der Waals surface area contributed by atoms with Gasteiger partial charge in [0.2, 0.25) is 11.9 Å². The smallest absolute Gasteiger partial charge is 0.259 e. The maximum absolute atomic E-state index is 13.1. The Morgan fingerprint density at radius 3 is 2.81 bits per heavy atom. The summed E-state index contributed by atoms with van der Waals surface area (Å²) in [7, 11) is 3.93. The second-order valence-electron chi connectivity index (χ2n) is 9.30. The van der Waals surface area contributed by atoms with Crippen molar-refractivity contribution >= 4 is 52.0 Å². The molecule has 0 unspecified atom stereocenters. The zero-order chi connectivity index (χ0) is 25.8. The van der Waals surface area contributed by atoms with E-state index < -0.39 is 0 Å². The van der Waals surface area contributed by atoms with Crippen LogP contribution in [0, 0.1) is 6.92 Å². The quantitative estimate of drug-likeness (QED) is 0.360. The van der Waals surface area contributed by atoms with Gasteiger partial charge in [-0.1, -0.05) is 41.4 Å². The fourth-order valence-electron chi connectivity index (χ4n) is 4.48. The summed E-state index contributed by atoms with van der Waals surface area (Å²) in [6.07, 6.45) is 7.67. The van der Waals surface area contributed by atoms with Crippen LogP contribution in [0.2, 0.25) is 10.2 Å². The standard InChI is InChI=1S/C26H30Cl2N6O2/c1-17-8-6-10-21-23(17)34(26(30-21)31-25(36)18-14-20(27)24(28)29-15-18)19-9-4-5-13-33(16-19)22(35)11-7-12-32(2)3/h6-8,10-11,14-15,19H,4-5,9,12-13,16H2,1-3H3,(H,30,31,36)/b11-7+/t19-/m1/s1. The van der Waals surface area contributed by atoms with E-state index >= 15 is 0 Å². The molecule has 8 nitrogen and oxygen atoms in total. The van der Waals surface area contributed by atoms with E-state index in [0.29, 0.717) is 25.6 Å². The number of amides is 2. The number of hydrogen-bond acceptors (Lipinski definition) is 5. The number of imidazole rings is 1. The number of aryl methyl sites for hydroxylation is 1. The molecule has 1 aliphatic rings. The van der Waals surface area contributed by atoms with Gasteiger partial charge in [0.15, 0.2) is 0 Å². The molecule has 1 N–H and O–H groups in total. The monoisotopic (exact) mass is 528 g/mol. The molecule has 0 saturated carbocycles. The Morgan fingerprint density at radius 2 is 2.06 bits per heavy atom. The highest BCUT2D eigenvalue weighted by atomic mass is 35.5. The molecule has 0 bridgehead atoms. The van der Waals surface area contributed by atoms with E-state index in [9.17, 15) is 9.59 Å². The number of hydrogen-bond donors (Lipinski definition) is 1. The molecule has 2 aromatic heterocycles. The largest absolute Gasteiger partial charge is 0.337 e. The zero-order valence-corrected chi connectivity index (χ0v) is 22.2. The van der Waals surface area contributed by atoms with E-state index in [-0.39, 0.29) is 33.6 Å². The van der Waals surface area contributed by atoms with Crippen LogP contribution in [0.1, 0.15) is 41.2 Å². The Bertz CT molecular complexity index is 1300. The third-order valence-electron chi connectivity index (χ3n) is 6.25. The molecule has 0 radical (unpaired) electrons. The number of nitrogens with one attached hydrogen (secondary N) is 1. The molecule has 36 heavy (non-hydrogen) atoms. The topological polar surface area (TPSA) is 83.4 Å². The first kappa shape index (κ1) is 26.1. The van der Waals surface area contributed by atoms with Crippen molar-refractivity contribution in [2.75, 3.05) is 39.0 Å². The Hall–Kier alpha value is -2.94. The predicted octanol–water partition coefficient (Wildman–Crippen LogP) is 4.97. The molecular formula is C26H30Cl2N6O2. The fraction of sp³-hybridized carbons (Fsp3) is 0.385. The van der Waals surface area contributed by atoms with Gasteiger partial charge in [0.1, 0.15) is 5.15 Å². The number of nitrogens with zero attached hydrogens (tertiary/aromatic N) is 5. The molecule has 1 fully saturated rings. The van der Waals surface area contributed by atoms with E-state index in [1.54, 1.807) is 6.08 Å². The number of fused-ring (bicyclic) bond motifs is 1. The van der Waals surface area contributed by atoms with Crippen LogP contribution in [0.15, 0.2) is 42.6 Å². The van der Waals surface area contributed by atoms with Crippen LogP contribution in [-0.2, 0) is 4.79 Å². The zero-order valence-electron chi connectivity index (χ0n) is 20.7. The number of benzene rings is 1. The fourth-order valence-corrected chi connectivity index (χ4v) is 4.75. The van der Waals surface area contributed by atoms with Gasteiger partial charge in [0, 0.05) is 31.9 Å². The minimum Gasteiger partial charge on any atom is -0.337 e. The third-order valence-corrected chi connectivity index (χ3v) is 6.94. The Balaban J connectivity index is 1.68. The van der Waals surface area contributed by atoms with Crippen LogP contribution in [-0.4, -0.2) is 69.9 Å². The predicted molar refractivity (Wildman–Crippen MR) is 144 cm³/mol. The van der Waals surface area contributed by atoms with Crippen molar-refractivity contribution in [3.8, 4) is 0 Å². The van der Waals surface area contributed by atoms with Gasteiger partial charge in [0.05, 0.1) is 27.7 Å². The van der Waals surface area contributed by atoms with Crippen molar-refractivity contribution in [2.45, 2.75) is 32.2 Å². The molecule has 190 valence electrons. The van der Waals surface area contributed by atoms with Crippen LogP contribution in [0.25, 0.3) is 11.0 Å². The first-order chi connectivity index (χ1) is 17.2. The highest BCUT2D eigenvalue weighted by Crippen LogP contribution is 2.32. The molecule has 0 aliphatic carbocycles. The lowest BCUT2D eigenvalue weighted by atomic mass is 10.1. The molecule has 1 saturated heterocycles. The van der Waals surface area contributed by atoms with Crippen molar-refractivity contribution in [3.63, 3.8) is 0 Å². The molecular weight excluding hydrogens is 499 g/mol. The van der Waals surface area contributed by atoms with Crippen molar-refractivity contribution in [3.05, 3.63) is 63.9 Å². The SMILES string of the molecule is Cc1cccc2nc(NC(=O)c3cnc(Cl)c(Cl)c3)n([C@@H]3CCCCN(C(=O)/C=C/CN(C)C)C3)c12. The lowest BCUT2D eigenvalue weighted by Crippen LogP contribution is -2.35. The van der Waals surface area contributed by atoms with Gasteiger partial charge in [-0.3, -0.25) is 14.9 Å². The van der Waals surface area contributed by atoms with Gasteiger partial charge in [-0.25, -0.2) is 9.97 Å².